The molecule has 0 amide bonds. The number of aryl methyl sites for hydroxylation is 1. The molecule has 8 heteroatoms. The van der Waals surface area contributed by atoms with E-state index in [4.69, 9.17) is 4.42 Å². The SMILES string of the molecule is CCc1cc2cc(-c3c(NC4CC(CO)C(O)C4O)[nH]c(=O)c(CC)c3C)oc2cn1. The predicted molar refractivity (Wildman–Crippen MR) is 118 cm³/mol. The Balaban J connectivity index is 1.82. The van der Waals surface area contributed by atoms with E-state index in [2.05, 4.69) is 15.3 Å². The van der Waals surface area contributed by atoms with E-state index in [1.165, 1.54) is 0 Å². The standard InChI is InChI=1S/C23H29N3O5/c1-4-14-6-12-8-17(31-18(12)9-24-14)19-11(3)15(5-2)23(30)26-22(19)25-16-7-13(10-27)20(28)21(16)29/h6,8-9,13,16,20-21,27-29H,4-5,7,10H2,1-3H3,(H2,25,26,30). The average Bonchev–Trinajstić information content (AvgIpc) is 3.29. The summed E-state index contributed by atoms with van der Waals surface area (Å²) in [7, 11) is 0. The van der Waals surface area contributed by atoms with Crippen LogP contribution in [-0.2, 0) is 12.8 Å². The number of H-pyrrole nitrogens is 1. The predicted octanol–water partition coefficient (Wildman–Crippen LogP) is 2.13. The van der Waals surface area contributed by atoms with Crippen molar-refractivity contribution >= 4 is 16.8 Å². The first-order valence-corrected chi connectivity index (χ1v) is 10.8. The summed E-state index contributed by atoms with van der Waals surface area (Å²) in [5, 5.41) is 34.2. The van der Waals surface area contributed by atoms with E-state index in [1.807, 2.05) is 32.9 Å². The van der Waals surface area contributed by atoms with Crippen molar-refractivity contribution in [3.8, 4) is 11.3 Å². The molecule has 0 spiro atoms. The molecule has 0 aliphatic heterocycles. The van der Waals surface area contributed by atoms with Crippen LogP contribution in [0.2, 0.25) is 0 Å². The van der Waals surface area contributed by atoms with Crippen molar-refractivity contribution in [3.63, 3.8) is 0 Å². The number of aromatic nitrogens is 2. The van der Waals surface area contributed by atoms with Gasteiger partial charge in [0.1, 0.15) is 17.7 Å². The van der Waals surface area contributed by atoms with Gasteiger partial charge < -0.3 is 30.0 Å². The molecule has 0 bridgehead atoms. The molecule has 4 unspecified atom stereocenters. The molecule has 1 fully saturated rings. The van der Waals surface area contributed by atoms with Gasteiger partial charge in [-0.1, -0.05) is 13.8 Å². The van der Waals surface area contributed by atoms with Gasteiger partial charge in [-0.3, -0.25) is 9.78 Å². The maximum absolute atomic E-state index is 12.7. The molecule has 1 aliphatic rings. The van der Waals surface area contributed by atoms with Crippen LogP contribution in [0, 0.1) is 12.8 Å². The summed E-state index contributed by atoms with van der Waals surface area (Å²) in [6, 6.07) is 3.39. The number of pyridine rings is 2. The maximum atomic E-state index is 12.7. The summed E-state index contributed by atoms with van der Waals surface area (Å²) in [4.78, 5) is 20.0. The minimum absolute atomic E-state index is 0.205. The van der Waals surface area contributed by atoms with Gasteiger partial charge in [0.2, 0.25) is 0 Å². The fourth-order valence-corrected chi connectivity index (χ4v) is 4.54. The molecule has 0 aromatic carbocycles. The molecule has 5 N–H and O–H groups in total. The molecular weight excluding hydrogens is 398 g/mol. The highest BCUT2D eigenvalue weighted by molar-refractivity contribution is 5.86. The van der Waals surface area contributed by atoms with Crippen LogP contribution in [0.4, 0.5) is 5.82 Å². The quantitative estimate of drug-likeness (QED) is 0.407. The highest BCUT2D eigenvalue weighted by Gasteiger charge is 2.41. The van der Waals surface area contributed by atoms with Gasteiger partial charge in [-0.05, 0) is 43.9 Å². The van der Waals surface area contributed by atoms with Gasteiger partial charge in [-0.2, -0.15) is 0 Å². The minimum atomic E-state index is -1.06. The number of fused-ring (bicyclic) bond motifs is 1. The minimum Gasteiger partial charge on any atom is -0.454 e. The van der Waals surface area contributed by atoms with Gasteiger partial charge in [-0.25, -0.2) is 0 Å². The molecule has 166 valence electrons. The smallest absolute Gasteiger partial charge is 0.252 e. The van der Waals surface area contributed by atoms with Crippen molar-refractivity contribution in [2.75, 3.05) is 11.9 Å². The van der Waals surface area contributed by atoms with Crippen molar-refractivity contribution in [2.45, 2.75) is 58.3 Å². The summed E-state index contributed by atoms with van der Waals surface area (Å²) in [6.45, 7) is 5.63. The molecule has 0 saturated heterocycles. The number of anilines is 1. The van der Waals surface area contributed by atoms with Gasteiger partial charge in [-0.15, -0.1) is 0 Å². The third-order valence-corrected chi connectivity index (χ3v) is 6.38. The Morgan fingerprint density at radius 2 is 2.00 bits per heavy atom. The lowest BCUT2D eigenvalue weighted by molar-refractivity contribution is 0.00446. The molecule has 0 radical (unpaired) electrons. The Morgan fingerprint density at radius 3 is 2.65 bits per heavy atom. The van der Waals surface area contributed by atoms with Crippen LogP contribution in [0.25, 0.3) is 22.3 Å². The van der Waals surface area contributed by atoms with E-state index in [-0.39, 0.29) is 12.2 Å². The fraction of sp³-hybridized carbons (Fsp3) is 0.478. The van der Waals surface area contributed by atoms with Crippen LogP contribution in [-0.4, -0.2) is 50.1 Å². The van der Waals surface area contributed by atoms with E-state index in [9.17, 15) is 20.1 Å². The molecule has 4 rings (SSSR count). The van der Waals surface area contributed by atoms with Crippen LogP contribution in [0.15, 0.2) is 27.5 Å². The molecule has 3 heterocycles. The summed E-state index contributed by atoms with van der Waals surface area (Å²) < 4.78 is 6.09. The van der Waals surface area contributed by atoms with Crippen molar-refractivity contribution < 1.29 is 19.7 Å². The first-order chi connectivity index (χ1) is 14.9. The topological polar surface area (TPSA) is 132 Å². The van der Waals surface area contributed by atoms with Gasteiger partial charge in [0, 0.05) is 29.2 Å². The first-order valence-electron chi connectivity index (χ1n) is 10.8. The molecular formula is C23H29N3O5. The van der Waals surface area contributed by atoms with Gasteiger partial charge in [0.15, 0.2) is 5.58 Å². The monoisotopic (exact) mass is 427 g/mol. The molecule has 3 aromatic rings. The number of hydrogen-bond acceptors (Lipinski definition) is 7. The number of nitrogens with one attached hydrogen (secondary N) is 2. The molecule has 1 saturated carbocycles. The van der Waals surface area contributed by atoms with Crippen molar-refractivity contribution in [1.82, 2.24) is 9.97 Å². The number of rotatable bonds is 6. The number of aromatic amines is 1. The number of furan rings is 1. The lowest BCUT2D eigenvalue weighted by Gasteiger charge is -2.22. The van der Waals surface area contributed by atoms with Crippen LogP contribution in [0.3, 0.4) is 0 Å². The number of nitrogens with zero attached hydrogens (tertiary/aromatic N) is 1. The summed E-state index contributed by atoms with van der Waals surface area (Å²) >= 11 is 0. The summed E-state index contributed by atoms with van der Waals surface area (Å²) in [6.07, 6.45) is 1.36. The lowest BCUT2D eigenvalue weighted by atomic mass is 10.00. The van der Waals surface area contributed by atoms with E-state index in [1.54, 1.807) is 6.20 Å². The van der Waals surface area contributed by atoms with Crippen molar-refractivity contribution in [1.29, 1.82) is 0 Å². The van der Waals surface area contributed by atoms with Crippen LogP contribution < -0.4 is 10.9 Å². The van der Waals surface area contributed by atoms with Crippen LogP contribution >= 0.6 is 0 Å². The van der Waals surface area contributed by atoms with Crippen LogP contribution in [0.5, 0.6) is 0 Å². The Kier molecular flexibility index (Phi) is 5.88. The summed E-state index contributed by atoms with van der Waals surface area (Å²) in [5.41, 5.74) is 3.57. The molecule has 8 nitrogen and oxygen atoms in total. The van der Waals surface area contributed by atoms with Gasteiger partial charge in [0.25, 0.3) is 5.56 Å². The third-order valence-electron chi connectivity index (χ3n) is 6.38. The average molecular weight is 428 g/mol. The lowest BCUT2D eigenvalue weighted by Crippen LogP contribution is -2.36. The summed E-state index contributed by atoms with van der Waals surface area (Å²) in [5.74, 6) is 0.587. The molecule has 31 heavy (non-hydrogen) atoms. The zero-order chi connectivity index (χ0) is 22.3. The first kappa shape index (κ1) is 21.5. The molecule has 3 aromatic heterocycles. The normalized spacial score (nSPS) is 23.5. The van der Waals surface area contributed by atoms with E-state index in [0.717, 1.165) is 23.1 Å². The fourth-order valence-electron chi connectivity index (χ4n) is 4.54. The third kappa shape index (κ3) is 3.75. The number of hydrogen-bond donors (Lipinski definition) is 5. The zero-order valence-corrected chi connectivity index (χ0v) is 18.0. The second-order valence-electron chi connectivity index (χ2n) is 8.25. The Bertz CT molecular complexity index is 1150. The van der Waals surface area contributed by atoms with Crippen molar-refractivity contribution in [2.24, 2.45) is 5.92 Å². The highest BCUT2D eigenvalue weighted by Crippen LogP contribution is 2.37. The largest absolute Gasteiger partial charge is 0.454 e. The molecule has 4 atom stereocenters. The van der Waals surface area contributed by atoms with E-state index < -0.39 is 24.2 Å². The Morgan fingerprint density at radius 1 is 1.23 bits per heavy atom. The van der Waals surface area contributed by atoms with Gasteiger partial charge in [0.05, 0.1) is 23.9 Å². The Labute approximate surface area is 180 Å². The second kappa shape index (κ2) is 8.45. The van der Waals surface area contributed by atoms with E-state index in [0.29, 0.717) is 41.1 Å². The maximum Gasteiger partial charge on any atom is 0.252 e. The number of aliphatic hydroxyl groups is 3. The number of aliphatic hydroxyl groups excluding tert-OH is 3. The highest BCUT2D eigenvalue weighted by atomic mass is 16.3. The zero-order valence-electron chi connectivity index (χ0n) is 18.0. The van der Waals surface area contributed by atoms with Crippen molar-refractivity contribution in [3.05, 3.63) is 45.5 Å². The van der Waals surface area contributed by atoms with Gasteiger partial charge >= 0.3 is 0 Å². The Hall–Kier alpha value is -2.68. The molecule has 1 aliphatic carbocycles. The van der Waals surface area contributed by atoms with E-state index >= 15 is 0 Å². The second-order valence-corrected chi connectivity index (χ2v) is 8.25. The van der Waals surface area contributed by atoms with Crippen LogP contribution in [0.1, 0.15) is 37.1 Å².